The molecule has 1 aliphatic heterocycles. The quantitative estimate of drug-likeness (QED) is 0.903. The van der Waals surface area contributed by atoms with Crippen molar-refractivity contribution in [2.45, 2.75) is 64.1 Å². The average molecular weight is 331 g/mol. The fraction of sp³-hybridized carbons (Fsp3) is 0.733. The Labute approximate surface area is 132 Å². The molecule has 1 aromatic rings. The van der Waals surface area contributed by atoms with E-state index in [1.165, 1.54) is 11.3 Å². The molecule has 1 N–H and O–H groups in total. The van der Waals surface area contributed by atoms with Crippen molar-refractivity contribution >= 4 is 21.4 Å². The molecule has 4 nitrogen and oxygen atoms in total. The first kappa shape index (κ1) is 16.9. The third-order valence-electron chi connectivity index (χ3n) is 3.98. The third kappa shape index (κ3) is 4.06. The van der Waals surface area contributed by atoms with Gasteiger partial charge in [0.05, 0.1) is 4.90 Å². The van der Waals surface area contributed by atoms with Gasteiger partial charge in [-0.1, -0.05) is 20.8 Å². The molecule has 0 amide bonds. The lowest BCUT2D eigenvalue weighted by Crippen LogP contribution is -2.44. The highest BCUT2D eigenvalue weighted by Crippen LogP contribution is 2.30. The molecule has 2 atom stereocenters. The number of piperidine rings is 1. The van der Waals surface area contributed by atoms with E-state index >= 15 is 0 Å². The summed E-state index contributed by atoms with van der Waals surface area (Å²) in [7, 11) is -3.35. The van der Waals surface area contributed by atoms with Crippen LogP contribution in [0, 0.1) is 5.92 Å². The molecule has 0 bridgehead atoms. The maximum Gasteiger partial charge on any atom is 0.244 e. The van der Waals surface area contributed by atoms with Crippen LogP contribution in [0.4, 0.5) is 0 Å². The summed E-state index contributed by atoms with van der Waals surface area (Å²) >= 11 is 1.52. The van der Waals surface area contributed by atoms with E-state index < -0.39 is 10.0 Å². The number of hydrogen-bond donors (Lipinski definition) is 1. The van der Waals surface area contributed by atoms with Crippen LogP contribution >= 0.6 is 11.3 Å². The molecule has 0 radical (unpaired) electrons. The van der Waals surface area contributed by atoms with Crippen molar-refractivity contribution in [2.75, 3.05) is 6.54 Å². The molecular formula is C15H26N2O2S2. The highest BCUT2D eigenvalue weighted by Gasteiger charge is 2.33. The maximum absolute atomic E-state index is 12.8. The molecule has 1 fully saturated rings. The molecule has 120 valence electrons. The van der Waals surface area contributed by atoms with Crippen molar-refractivity contribution < 1.29 is 8.42 Å². The van der Waals surface area contributed by atoms with Crippen LogP contribution in [-0.2, 0) is 16.6 Å². The van der Waals surface area contributed by atoms with Gasteiger partial charge in [-0.05, 0) is 31.7 Å². The van der Waals surface area contributed by atoms with Gasteiger partial charge >= 0.3 is 0 Å². The normalized spacial score (nSPS) is 24.6. The van der Waals surface area contributed by atoms with Crippen LogP contribution in [0.1, 0.15) is 45.4 Å². The van der Waals surface area contributed by atoms with Crippen molar-refractivity contribution in [3.8, 4) is 0 Å². The van der Waals surface area contributed by atoms with Crippen LogP contribution in [-0.4, -0.2) is 31.4 Å². The number of nitrogens with zero attached hydrogens (tertiary/aromatic N) is 1. The molecule has 0 spiro atoms. The highest BCUT2D eigenvalue weighted by atomic mass is 32.2. The molecule has 21 heavy (non-hydrogen) atoms. The SMILES string of the molecule is CC1CCC(C)N(S(=O)(=O)c2csc(CNC(C)C)c2)C1. The number of hydrogen-bond acceptors (Lipinski definition) is 4. The molecule has 0 saturated carbocycles. The highest BCUT2D eigenvalue weighted by molar-refractivity contribution is 7.89. The Morgan fingerprint density at radius 2 is 2.10 bits per heavy atom. The number of thiophene rings is 1. The monoisotopic (exact) mass is 330 g/mol. The van der Waals surface area contributed by atoms with Gasteiger partial charge in [0.15, 0.2) is 0 Å². The van der Waals surface area contributed by atoms with Gasteiger partial charge in [0.25, 0.3) is 0 Å². The molecule has 1 saturated heterocycles. The number of nitrogens with one attached hydrogen (secondary N) is 1. The molecule has 0 aromatic carbocycles. The largest absolute Gasteiger partial charge is 0.310 e. The predicted octanol–water partition coefficient (Wildman–Crippen LogP) is 3.06. The Bertz CT molecular complexity index is 566. The minimum absolute atomic E-state index is 0.100. The first-order valence-corrected chi connectivity index (χ1v) is 9.95. The number of sulfonamides is 1. The van der Waals surface area contributed by atoms with E-state index in [0.29, 0.717) is 23.4 Å². The molecule has 1 aliphatic rings. The van der Waals surface area contributed by atoms with E-state index in [9.17, 15) is 8.42 Å². The van der Waals surface area contributed by atoms with E-state index in [1.54, 1.807) is 9.69 Å². The summed E-state index contributed by atoms with van der Waals surface area (Å²) in [6.45, 7) is 9.67. The summed E-state index contributed by atoms with van der Waals surface area (Å²) in [6, 6.07) is 2.32. The van der Waals surface area contributed by atoms with Crippen molar-refractivity contribution in [3.63, 3.8) is 0 Å². The van der Waals surface area contributed by atoms with Gasteiger partial charge in [-0.2, -0.15) is 4.31 Å². The molecule has 0 aliphatic carbocycles. The van der Waals surface area contributed by atoms with Crippen LogP contribution in [0.3, 0.4) is 0 Å². The second kappa shape index (κ2) is 6.77. The van der Waals surface area contributed by atoms with E-state index in [0.717, 1.165) is 24.3 Å². The topological polar surface area (TPSA) is 49.4 Å². The van der Waals surface area contributed by atoms with Gasteiger partial charge in [-0.25, -0.2) is 8.42 Å². The van der Waals surface area contributed by atoms with Gasteiger partial charge in [-0.15, -0.1) is 11.3 Å². The Hall–Kier alpha value is -0.430. The van der Waals surface area contributed by atoms with Crippen LogP contribution in [0.2, 0.25) is 0 Å². The molecule has 2 rings (SSSR count). The summed E-state index contributed by atoms with van der Waals surface area (Å²) in [6.07, 6.45) is 2.06. The van der Waals surface area contributed by atoms with Gasteiger partial charge in [0.2, 0.25) is 10.0 Å². The first-order chi connectivity index (χ1) is 9.80. The summed E-state index contributed by atoms with van der Waals surface area (Å²) in [4.78, 5) is 1.52. The lowest BCUT2D eigenvalue weighted by molar-refractivity contribution is 0.218. The Morgan fingerprint density at radius 3 is 2.76 bits per heavy atom. The maximum atomic E-state index is 12.8. The minimum Gasteiger partial charge on any atom is -0.310 e. The summed E-state index contributed by atoms with van der Waals surface area (Å²) in [5.74, 6) is 0.441. The van der Waals surface area contributed by atoms with Gasteiger partial charge < -0.3 is 5.32 Å². The fourth-order valence-electron chi connectivity index (χ4n) is 2.61. The standard InChI is InChI=1S/C15H26N2O2S2/c1-11(2)16-8-14-7-15(10-20-14)21(18,19)17-9-12(3)5-6-13(17)4/h7,10-13,16H,5-6,8-9H2,1-4H3. The van der Waals surface area contributed by atoms with Crippen LogP contribution < -0.4 is 5.32 Å². The second-order valence-corrected chi connectivity index (χ2v) is 9.28. The minimum atomic E-state index is -3.35. The molecule has 1 aromatic heterocycles. The van der Waals surface area contributed by atoms with E-state index in [2.05, 4.69) is 26.1 Å². The lowest BCUT2D eigenvalue weighted by Gasteiger charge is -2.35. The fourth-order valence-corrected chi connectivity index (χ4v) is 5.61. The Morgan fingerprint density at radius 1 is 1.38 bits per heavy atom. The zero-order chi connectivity index (χ0) is 15.6. The first-order valence-electron chi connectivity index (χ1n) is 7.63. The number of rotatable bonds is 5. The molecule has 2 heterocycles. The lowest BCUT2D eigenvalue weighted by atomic mass is 9.97. The molecule has 2 unspecified atom stereocenters. The van der Waals surface area contributed by atoms with E-state index in [-0.39, 0.29) is 6.04 Å². The van der Waals surface area contributed by atoms with Crippen molar-refractivity contribution in [3.05, 3.63) is 16.3 Å². The van der Waals surface area contributed by atoms with Crippen molar-refractivity contribution in [2.24, 2.45) is 5.92 Å². The van der Waals surface area contributed by atoms with Gasteiger partial charge in [0.1, 0.15) is 0 Å². The zero-order valence-corrected chi connectivity index (χ0v) is 14.9. The predicted molar refractivity (Wildman–Crippen MR) is 88.0 cm³/mol. The Balaban J connectivity index is 2.15. The second-order valence-electron chi connectivity index (χ2n) is 6.39. The zero-order valence-electron chi connectivity index (χ0n) is 13.3. The molecule has 6 heteroatoms. The van der Waals surface area contributed by atoms with Crippen molar-refractivity contribution in [1.82, 2.24) is 9.62 Å². The average Bonchev–Trinajstić information content (AvgIpc) is 2.88. The molecular weight excluding hydrogens is 304 g/mol. The van der Waals surface area contributed by atoms with Crippen molar-refractivity contribution in [1.29, 1.82) is 0 Å². The van der Waals surface area contributed by atoms with Gasteiger partial charge in [0, 0.05) is 35.4 Å². The van der Waals surface area contributed by atoms with Crippen LogP contribution in [0.5, 0.6) is 0 Å². The van der Waals surface area contributed by atoms with E-state index in [4.69, 9.17) is 0 Å². The summed E-state index contributed by atoms with van der Waals surface area (Å²) in [5, 5.41) is 5.10. The summed E-state index contributed by atoms with van der Waals surface area (Å²) < 4.78 is 27.3. The van der Waals surface area contributed by atoms with E-state index in [1.807, 2.05) is 13.0 Å². The van der Waals surface area contributed by atoms with Gasteiger partial charge in [-0.3, -0.25) is 0 Å². The summed E-state index contributed by atoms with van der Waals surface area (Å²) in [5.41, 5.74) is 0. The smallest absolute Gasteiger partial charge is 0.244 e. The van der Waals surface area contributed by atoms with Crippen LogP contribution in [0.25, 0.3) is 0 Å². The third-order valence-corrected chi connectivity index (χ3v) is 7.03. The van der Waals surface area contributed by atoms with Crippen LogP contribution in [0.15, 0.2) is 16.3 Å². The Kier molecular flexibility index (Phi) is 5.46.